The standard InChI is InChI=1S/C45H29N3S.C38H24S/c1-4-13-30(14-5-1)31-25-27-32(28-26-31)37-21-11-23-39-40-24-12-22-38(42(40)49-41(37)39)35-19-10-20-36(29-35)45-47-43(33-15-6-2-7-16-33)46-44(48-45)34-17-8-3-9-18-34;1-2-11-25(12-3-1)30-19-9-21-34-35-22-10-20-31(38(35)39-37(30)34)26-14-8-15-27(23-26)36-24-28-13-4-5-16-29(28)32-17-6-7-18-33(32)36/h1-29H;1-24H. The molecule has 0 bridgehead atoms. The zero-order valence-electron chi connectivity index (χ0n) is 47.8. The number of fused-ring (bicyclic) bond motifs is 9. The van der Waals surface area contributed by atoms with E-state index in [0.29, 0.717) is 17.5 Å². The maximum Gasteiger partial charge on any atom is 0.164 e. The van der Waals surface area contributed by atoms with Gasteiger partial charge in [0.1, 0.15) is 0 Å². The first-order chi connectivity index (χ1) is 43.6. The summed E-state index contributed by atoms with van der Waals surface area (Å²) in [5, 5.41) is 10.4. The van der Waals surface area contributed by atoms with E-state index in [2.05, 4.69) is 261 Å². The molecule has 0 radical (unpaired) electrons. The first-order valence-electron chi connectivity index (χ1n) is 29.7. The van der Waals surface area contributed by atoms with Gasteiger partial charge in [0.05, 0.1) is 0 Å². The van der Waals surface area contributed by atoms with E-state index in [-0.39, 0.29) is 0 Å². The van der Waals surface area contributed by atoms with E-state index in [1.165, 1.54) is 123 Å². The fourth-order valence-corrected chi connectivity index (χ4v) is 15.3. The highest BCUT2D eigenvalue weighted by Crippen LogP contribution is 2.47. The molecule has 0 atom stereocenters. The molecule has 17 aromatic rings. The summed E-state index contributed by atoms with van der Waals surface area (Å²) in [5.41, 5.74) is 17.8. The zero-order valence-corrected chi connectivity index (χ0v) is 49.4. The molecule has 88 heavy (non-hydrogen) atoms. The SMILES string of the molecule is c1ccc(-c2ccc(-c3cccc4c3sc3c(-c5cccc(-c6nc(-c7ccccc7)nc(-c7ccccc7)n6)c5)cccc34)cc2)cc1.c1ccc(-c2cccc3c2sc2c(-c4cccc(-c5cc6ccccc6c6ccccc56)c4)cccc23)cc1. The van der Waals surface area contributed by atoms with Gasteiger partial charge in [-0.15, -0.1) is 22.7 Å². The molecular formula is C83H53N3S2. The van der Waals surface area contributed by atoms with Crippen molar-refractivity contribution in [2.75, 3.05) is 0 Å². The van der Waals surface area contributed by atoms with Gasteiger partial charge in [0.25, 0.3) is 0 Å². The van der Waals surface area contributed by atoms with Crippen LogP contribution < -0.4 is 0 Å². The highest BCUT2D eigenvalue weighted by Gasteiger charge is 2.19. The van der Waals surface area contributed by atoms with Crippen LogP contribution in [0.4, 0.5) is 0 Å². The van der Waals surface area contributed by atoms with Crippen molar-refractivity contribution >= 4 is 84.6 Å². The predicted octanol–water partition coefficient (Wildman–Crippen LogP) is 23.6. The first kappa shape index (κ1) is 52.6. The van der Waals surface area contributed by atoms with Gasteiger partial charge in [-0.3, -0.25) is 0 Å². The van der Waals surface area contributed by atoms with E-state index in [4.69, 9.17) is 15.0 Å². The number of benzene rings is 14. The molecule has 3 nitrogen and oxygen atoms in total. The lowest BCUT2D eigenvalue weighted by Gasteiger charge is -2.12. The topological polar surface area (TPSA) is 38.7 Å². The summed E-state index contributed by atoms with van der Waals surface area (Å²) >= 11 is 3.78. The van der Waals surface area contributed by atoms with Gasteiger partial charge < -0.3 is 0 Å². The summed E-state index contributed by atoms with van der Waals surface area (Å²) < 4.78 is 5.26. The van der Waals surface area contributed by atoms with Crippen LogP contribution in [0.25, 0.3) is 163 Å². The van der Waals surface area contributed by atoms with Gasteiger partial charge >= 0.3 is 0 Å². The van der Waals surface area contributed by atoms with Crippen LogP contribution in [0.15, 0.2) is 322 Å². The molecule has 412 valence electrons. The lowest BCUT2D eigenvalue weighted by atomic mass is 9.91. The summed E-state index contributed by atoms with van der Waals surface area (Å²) in [6.45, 7) is 0. The Kier molecular flexibility index (Phi) is 13.6. The molecule has 0 aliphatic rings. The Labute approximate surface area is 518 Å². The third-order valence-electron chi connectivity index (χ3n) is 16.8. The van der Waals surface area contributed by atoms with E-state index in [0.717, 1.165) is 22.3 Å². The number of aromatic nitrogens is 3. The van der Waals surface area contributed by atoms with Crippen LogP contribution in [0.1, 0.15) is 0 Å². The maximum atomic E-state index is 4.98. The average Bonchev–Trinajstić information content (AvgIpc) is 2.02. The van der Waals surface area contributed by atoms with Gasteiger partial charge in [-0.1, -0.05) is 303 Å². The Morgan fingerprint density at radius 1 is 0.170 bits per heavy atom. The van der Waals surface area contributed by atoms with Crippen LogP contribution in [0.2, 0.25) is 0 Å². The lowest BCUT2D eigenvalue weighted by molar-refractivity contribution is 1.07. The van der Waals surface area contributed by atoms with Crippen molar-refractivity contribution in [3.05, 3.63) is 322 Å². The Hall–Kier alpha value is -11.0. The van der Waals surface area contributed by atoms with Crippen LogP contribution in [-0.2, 0) is 0 Å². The van der Waals surface area contributed by atoms with Crippen LogP contribution in [-0.4, -0.2) is 15.0 Å². The fourth-order valence-electron chi connectivity index (χ4n) is 12.6. The molecule has 3 heterocycles. The van der Waals surface area contributed by atoms with Crippen molar-refractivity contribution in [2.24, 2.45) is 0 Å². The van der Waals surface area contributed by atoms with Gasteiger partial charge in [-0.25, -0.2) is 15.0 Å². The maximum absolute atomic E-state index is 4.98. The van der Waals surface area contributed by atoms with Crippen molar-refractivity contribution in [2.45, 2.75) is 0 Å². The minimum absolute atomic E-state index is 0.652. The molecule has 5 heteroatoms. The lowest BCUT2D eigenvalue weighted by Crippen LogP contribution is -2.00. The molecule has 0 fully saturated rings. The number of nitrogens with zero attached hydrogens (tertiary/aromatic N) is 3. The van der Waals surface area contributed by atoms with E-state index in [9.17, 15) is 0 Å². The van der Waals surface area contributed by atoms with Crippen molar-refractivity contribution in [1.29, 1.82) is 0 Å². The van der Waals surface area contributed by atoms with Crippen molar-refractivity contribution in [3.63, 3.8) is 0 Å². The number of thiophene rings is 2. The third-order valence-corrected chi connectivity index (χ3v) is 19.4. The number of hydrogen-bond donors (Lipinski definition) is 0. The van der Waals surface area contributed by atoms with Gasteiger partial charge in [-0.05, 0) is 107 Å². The Morgan fingerprint density at radius 2 is 0.466 bits per heavy atom. The molecule has 14 aromatic carbocycles. The summed E-state index contributed by atoms with van der Waals surface area (Å²) in [4.78, 5) is 14.8. The summed E-state index contributed by atoms with van der Waals surface area (Å²) in [6, 6.07) is 115. The largest absolute Gasteiger partial charge is 0.208 e. The summed E-state index contributed by atoms with van der Waals surface area (Å²) in [5.74, 6) is 1.97. The first-order valence-corrected chi connectivity index (χ1v) is 31.4. The molecule has 0 saturated carbocycles. The van der Waals surface area contributed by atoms with Crippen LogP contribution >= 0.6 is 22.7 Å². The average molecular weight is 1160 g/mol. The van der Waals surface area contributed by atoms with Crippen LogP contribution in [0.3, 0.4) is 0 Å². The van der Waals surface area contributed by atoms with E-state index in [1.807, 2.05) is 83.3 Å². The number of rotatable bonds is 9. The van der Waals surface area contributed by atoms with E-state index >= 15 is 0 Å². The molecule has 0 aliphatic heterocycles. The molecule has 17 rings (SSSR count). The van der Waals surface area contributed by atoms with Gasteiger partial charge in [0, 0.05) is 57.0 Å². The monoisotopic (exact) mass is 1160 g/mol. The van der Waals surface area contributed by atoms with Gasteiger partial charge in [0.2, 0.25) is 0 Å². The summed E-state index contributed by atoms with van der Waals surface area (Å²) in [6.07, 6.45) is 0. The Morgan fingerprint density at radius 3 is 0.955 bits per heavy atom. The third kappa shape index (κ3) is 9.79. The smallest absolute Gasteiger partial charge is 0.164 e. The molecule has 0 N–H and O–H groups in total. The summed E-state index contributed by atoms with van der Waals surface area (Å²) in [7, 11) is 0. The normalized spacial score (nSPS) is 11.4. The Balaban J connectivity index is 0.000000145. The minimum atomic E-state index is 0.652. The van der Waals surface area contributed by atoms with Crippen molar-refractivity contribution in [3.8, 4) is 101 Å². The quantitative estimate of drug-likeness (QED) is 0.135. The van der Waals surface area contributed by atoms with E-state index < -0.39 is 0 Å². The van der Waals surface area contributed by atoms with Gasteiger partial charge in [0.15, 0.2) is 17.5 Å². The van der Waals surface area contributed by atoms with Crippen LogP contribution in [0.5, 0.6) is 0 Å². The zero-order chi connectivity index (χ0) is 58.3. The van der Waals surface area contributed by atoms with Crippen molar-refractivity contribution in [1.82, 2.24) is 15.0 Å². The molecule has 0 amide bonds. The molecular weight excluding hydrogens is 1100 g/mol. The second-order valence-electron chi connectivity index (χ2n) is 22.1. The highest BCUT2D eigenvalue weighted by molar-refractivity contribution is 7.27. The molecule has 0 spiro atoms. The molecule has 0 unspecified atom stereocenters. The second-order valence-corrected chi connectivity index (χ2v) is 24.2. The highest BCUT2D eigenvalue weighted by atomic mass is 32.1. The van der Waals surface area contributed by atoms with Crippen LogP contribution in [0, 0.1) is 0 Å². The van der Waals surface area contributed by atoms with Crippen molar-refractivity contribution < 1.29 is 0 Å². The molecule has 0 aliphatic carbocycles. The fraction of sp³-hybridized carbons (Fsp3) is 0. The minimum Gasteiger partial charge on any atom is -0.208 e. The Bertz CT molecular complexity index is 5370. The second kappa shape index (κ2) is 22.8. The van der Waals surface area contributed by atoms with Gasteiger partial charge in [-0.2, -0.15) is 0 Å². The molecule has 3 aromatic heterocycles. The van der Waals surface area contributed by atoms with E-state index in [1.54, 1.807) is 0 Å². The molecule has 0 saturated heterocycles. The number of hydrogen-bond acceptors (Lipinski definition) is 5. The predicted molar refractivity (Wildman–Crippen MR) is 376 cm³/mol.